The summed E-state index contributed by atoms with van der Waals surface area (Å²) in [6, 6.07) is 5.00. The van der Waals surface area contributed by atoms with Gasteiger partial charge in [-0.2, -0.15) is 0 Å². The molecule has 1 saturated heterocycles. The third-order valence-corrected chi connectivity index (χ3v) is 5.76. The number of nitrogens with two attached hydrogens (primary N) is 1. The van der Waals surface area contributed by atoms with Crippen molar-refractivity contribution in [1.29, 1.82) is 0 Å². The van der Waals surface area contributed by atoms with Crippen molar-refractivity contribution < 1.29 is 28.6 Å². The number of carbonyl (C=O) groups is 3. The number of anilines is 1. The largest absolute Gasteiger partial charge is 0.495 e. The van der Waals surface area contributed by atoms with Gasteiger partial charge in [-0.25, -0.2) is 9.59 Å². The summed E-state index contributed by atoms with van der Waals surface area (Å²) in [7, 11) is 2.81. The van der Waals surface area contributed by atoms with Crippen LogP contribution in [0.2, 0.25) is 0 Å². The van der Waals surface area contributed by atoms with Gasteiger partial charge >= 0.3 is 12.1 Å². The first-order valence-corrected chi connectivity index (χ1v) is 11.4. The number of nitrogens with zero attached hydrogens (tertiary/aromatic N) is 1. The number of nitrogen functional groups attached to an aromatic ring is 1. The lowest BCUT2D eigenvalue weighted by Crippen LogP contribution is -2.55. The Balaban J connectivity index is 1.87. The highest BCUT2D eigenvalue weighted by Gasteiger charge is 2.38. The van der Waals surface area contributed by atoms with Gasteiger partial charge in [-0.3, -0.25) is 4.79 Å². The fourth-order valence-corrected chi connectivity index (χ4v) is 3.77. The number of alkyl carbamates (subject to hydrolysis) is 1. The van der Waals surface area contributed by atoms with E-state index in [1.165, 1.54) is 14.2 Å². The van der Waals surface area contributed by atoms with E-state index in [9.17, 15) is 14.4 Å². The number of hydrogen-bond acceptors (Lipinski definition) is 8. The van der Waals surface area contributed by atoms with E-state index in [0.29, 0.717) is 30.0 Å². The van der Waals surface area contributed by atoms with Crippen molar-refractivity contribution in [3.63, 3.8) is 0 Å². The standard InChI is InChI=1S/C24H38N4O6/c1-23(2,3)34-22(31)27-24(4,21(30)33-6)11-14-28-12-9-17(10-13-28)26-20(29)16-7-8-18(25)19(15-16)32-5/h7-8,15,17H,9-14,25H2,1-6H3,(H,26,29)(H,27,31). The fourth-order valence-electron chi connectivity index (χ4n) is 3.77. The molecule has 1 fully saturated rings. The Bertz CT molecular complexity index is 877. The first kappa shape index (κ1) is 27.2. The molecule has 1 unspecified atom stereocenters. The molecule has 1 aromatic rings. The Morgan fingerprint density at radius 1 is 1.12 bits per heavy atom. The number of likely N-dealkylation sites (tertiary alicyclic amines) is 1. The van der Waals surface area contributed by atoms with E-state index in [4.69, 9.17) is 19.9 Å². The van der Waals surface area contributed by atoms with Gasteiger partial charge in [0.05, 0.1) is 19.9 Å². The Morgan fingerprint density at radius 3 is 2.32 bits per heavy atom. The van der Waals surface area contributed by atoms with E-state index in [1.807, 2.05) is 0 Å². The quantitative estimate of drug-likeness (QED) is 0.383. The number of nitrogens with one attached hydrogen (secondary N) is 2. The van der Waals surface area contributed by atoms with E-state index in [0.717, 1.165) is 25.9 Å². The fraction of sp³-hybridized carbons (Fsp3) is 0.625. The van der Waals surface area contributed by atoms with Gasteiger partial charge in [0.15, 0.2) is 0 Å². The van der Waals surface area contributed by atoms with Crippen molar-refractivity contribution in [1.82, 2.24) is 15.5 Å². The van der Waals surface area contributed by atoms with Crippen molar-refractivity contribution in [2.45, 2.75) is 64.1 Å². The molecule has 2 amide bonds. The zero-order chi connectivity index (χ0) is 25.5. The van der Waals surface area contributed by atoms with Crippen LogP contribution < -0.4 is 21.1 Å². The van der Waals surface area contributed by atoms with Crippen LogP contribution in [-0.4, -0.2) is 73.9 Å². The summed E-state index contributed by atoms with van der Waals surface area (Å²) in [4.78, 5) is 39.5. The second-order valence-electron chi connectivity index (χ2n) is 9.75. The lowest BCUT2D eigenvalue weighted by molar-refractivity contribution is -0.148. The predicted molar refractivity (Wildman–Crippen MR) is 129 cm³/mol. The minimum atomic E-state index is -1.21. The van der Waals surface area contributed by atoms with Gasteiger partial charge in [0.1, 0.15) is 16.9 Å². The van der Waals surface area contributed by atoms with E-state index in [2.05, 4.69) is 15.5 Å². The van der Waals surface area contributed by atoms with Gasteiger partial charge in [0.25, 0.3) is 5.91 Å². The van der Waals surface area contributed by atoms with Gasteiger partial charge in [-0.05, 0) is 65.2 Å². The van der Waals surface area contributed by atoms with Crippen molar-refractivity contribution in [2.24, 2.45) is 0 Å². The van der Waals surface area contributed by atoms with Crippen LogP contribution in [0.4, 0.5) is 10.5 Å². The van der Waals surface area contributed by atoms with E-state index in [1.54, 1.807) is 45.9 Å². The van der Waals surface area contributed by atoms with Crippen LogP contribution in [0.1, 0.15) is 57.3 Å². The summed E-state index contributed by atoms with van der Waals surface area (Å²) in [5.41, 5.74) is 4.91. The van der Waals surface area contributed by atoms with E-state index in [-0.39, 0.29) is 11.9 Å². The first-order valence-electron chi connectivity index (χ1n) is 11.4. The average molecular weight is 479 g/mol. The third kappa shape index (κ3) is 7.79. The number of hydrogen-bond donors (Lipinski definition) is 3. The Labute approximate surface area is 201 Å². The molecule has 4 N–H and O–H groups in total. The molecule has 2 rings (SSSR count). The van der Waals surface area contributed by atoms with Crippen LogP contribution in [0, 0.1) is 0 Å². The van der Waals surface area contributed by atoms with Crippen LogP contribution in [0.3, 0.4) is 0 Å². The average Bonchev–Trinajstić information content (AvgIpc) is 2.76. The molecule has 1 atom stereocenters. The molecule has 0 aromatic heterocycles. The molecule has 190 valence electrons. The highest BCUT2D eigenvalue weighted by molar-refractivity contribution is 5.95. The second-order valence-corrected chi connectivity index (χ2v) is 9.75. The highest BCUT2D eigenvalue weighted by atomic mass is 16.6. The second kappa shape index (κ2) is 11.4. The van der Waals surface area contributed by atoms with Gasteiger partial charge in [0, 0.05) is 31.2 Å². The van der Waals surface area contributed by atoms with Crippen molar-refractivity contribution in [3.8, 4) is 5.75 Å². The topological polar surface area (TPSA) is 132 Å². The molecule has 1 aromatic carbocycles. The van der Waals surface area contributed by atoms with Crippen LogP contribution in [0.25, 0.3) is 0 Å². The Hall–Kier alpha value is -3.01. The summed E-state index contributed by atoms with van der Waals surface area (Å²) < 4.78 is 15.4. The number of benzene rings is 1. The molecule has 1 aliphatic rings. The smallest absolute Gasteiger partial charge is 0.408 e. The van der Waals surface area contributed by atoms with Crippen molar-refractivity contribution >= 4 is 23.7 Å². The monoisotopic (exact) mass is 478 g/mol. The number of ether oxygens (including phenoxy) is 3. The molecule has 1 aliphatic heterocycles. The molecule has 10 heteroatoms. The SMILES string of the molecule is COC(=O)C(C)(CCN1CCC(NC(=O)c2ccc(N)c(OC)c2)CC1)NC(=O)OC(C)(C)C. The summed E-state index contributed by atoms with van der Waals surface area (Å²) in [5.74, 6) is -0.230. The van der Waals surface area contributed by atoms with Crippen LogP contribution >= 0.6 is 0 Å². The number of esters is 1. The van der Waals surface area contributed by atoms with E-state index < -0.39 is 23.2 Å². The zero-order valence-electron chi connectivity index (χ0n) is 21.0. The summed E-state index contributed by atoms with van der Waals surface area (Å²) in [6.45, 7) is 8.99. The van der Waals surface area contributed by atoms with Gasteiger partial charge < -0.3 is 35.5 Å². The van der Waals surface area contributed by atoms with Crippen molar-refractivity contribution in [2.75, 3.05) is 39.6 Å². The first-order chi connectivity index (χ1) is 15.9. The maximum atomic E-state index is 12.6. The summed E-state index contributed by atoms with van der Waals surface area (Å²) >= 11 is 0. The maximum Gasteiger partial charge on any atom is 0.408 e. The molecular formula is C24H38N4O6. The highest BCUT2D eigenvalue weighted by Crippen LogP contribution is 2.23. The van der Waals surface area contributed by atoms with Crippen LogP contribution in [-0.2, 0) is 14.3 Å². The third-order valence-electron chi connectivity index (χ3n) is 5.76. The normalized spacial score (nSPS) is 16.8. The predicted octanol–water partition coefficient (Wildman–Crippen LogP) is 2.32. The summed E-state index contributed by atoms with van der Waals surface area (Å²) in [6.07, 6.45) is 1.24. The summed E-state index contributed by atoms with van der Waals surface area (Å²) in [5, 5.41) is 5.73. The molecule has 34 heavy (non-hydrogen) atoms. The van der Waals surface area contributed by atoms with Crippen LogP contribution in [0.5, 0.6) is 5.75 Å². The lowest BCUT2D eigenvalue weighted by atomic mass is 9.96. The van der Waals surface area contributed by atoms with Crippen molar-refractivity contribution in [3.05, 3.63) is 23.8 Å². The number of piperidine rings is 1. The molecular weight excluding hydrogens is 440 g/mol. The number of carbonyl (C=O) groups excluding carboxylic acids is 3. The van der Waals surface area contributed by atoms with E-state index >= 15 is 0 Å². The number of methoxy groups -OCH3 is 2. The number of amides is 2. The maximum absolute atomic E-state index is 12.6. The molecule has 10 nitrogen and oxygen atoms in total. The lowest BCUT2D eigenvalue weighted by Gasteiger charge is -2.35. The molecule has 0 radical (unpaired) electrons. The molecule has 1 heterocycles. The Kier molecular flexibility index (Phi) is 9.14. The zero-order valence-corrected chi connectivity index (χ0v) is 21.0. The molecule has 0 spiro atoms. The molecule has 0 bridgehead atoms. The number of rotatable bonds is 8. The molecule has 0 saturated carbocycles. The van der Waals surface area contributed by atoms with Crippen LogP contribution in [0.15, 0.2) is 18.2 Å². The van der Waals surface area contributed by atoms with Gasteiger partial charge in [-0.1, -0.05) is 0 Å². The Morgan fingerprint density at radius 2 is 1.76 bits per heavy atom. The minimum absolute atomic E-state index is 0.0409. The molecule has 0 aliphatic carbocycles. The van der Waals surface area contributed by atoms with Gasteiger partial charge in [-0.15, -0.1) is 0 Å². The van der Waals surface area contributed by atoms with Gasteiger partial charge in [0.2, 0.25) is 0 Å². The minimum Gasteiger partial charge on any atom is -0.495 e.